The lowest BCUT2D eigenvalue weighted by molar-refractivity contribution is -0.123. The zero-order chi connectivity index (χ0) is 24.1. The maximum atomic E-state index is 12.5. The number of carbonyl (C=O) groups is 2. The van der Waals surface area contributed by atoms with Crippen molar-refractivity contribution in [3.63, 3.8) is 0 Å². The maximum Gasteiger partial charge on any atom is 0.355 e. The molecule has 0 bridgehead atoms. The molecule has 172 valence electrons. The number of ether oxygens (including phenoxy) is 2. The highest BCUT2D eigenvalue weighted by molar-refractivity contribution is 7.21. The summed E-state index contributed by atoms with van der Waals surface area (Å²) in [6.07, 6.45) is 1.44. The fourth-order valence-electron chi connectivity index (χ4n) is 2.87. The summed E-state index contributed by atoms with van der Waals surface area (Å²) in [6, 6.07) is 19.0. The van der Waals surface area contributed by atoms with Crippen LogP contribution in [-0.4, -0.2) is 24.7 Å². The highest BCUT2D eigenvalue weighted by Gasteiger charge is 2.18. The van der Waals surface area contributed by atoms with Crippen LogP contribution in [0.2, 0.25) is 15.1 Å². The largest absolute Gasteiger partial charge is 0.482 e. The normalized spacial score (nSPS) is 11.0. The van der Waals surface area contributed by atoms with Crippen molar-refractivity contribution in [2.24, 2.45) is 5.10 Å². The molecule has 6 nitrogen and oxygen atoms in total. The van der Waals surface area contributed by atoms with Crippen molar-refractivity contribution >= 4 is 74.3 Å². The van der Waals surface area contributed by atoms with E-state index in [2.05, 4.69) is 10.5 Å². The summed E-state index contributed by atoms with van der Waals surface area (Å²) in [7, 11) is 0. The fourth-order valence-corrected chi connectivity index (χ4v) is 4.60. The lowest BCUT2D eigenvalue weighted by Crippen LogP contribution is -2.24. The van der Waals surface area contributed by atoms with Crippen LogP contribution in [0.15, 0.2) is 71.8 Å². The van der Waals surface area contributed by atoms with Gasteiger partial charge in [-0.25, -0.2) is 10.2 Å². The van der Waals surface area contributed by atoms with Crippen LogP contribution in [0.1, 0.15) is 15.2 Å². The van der Waals surface area contributed by atoms with E-state index < -0.39 is 11.9 Å². The SMILES string of the molecule is O=C(COc1cccc(Cl)c1Cl)N/N=C\c1ccc(OC(=O)c2sc3ccccc3c2Cl)cc1. The van der Waals surface area contributed by atoms with E-state index >= 15 is 0 Å². The molecule has 1 N–H and O–H groups in total. The summed E-state index contributed by atoms with van der Waals surface area (Å²) in [6.45, 7) is -0.285. The first-order chi connectivity index (χ1) is 16.4. The number of esters is 1. The zero-order valence-electron chi connectivity index (χ0n) is 17.3. The number of hydrogen-bond donors (Lipinski definition) is 1. The molecule has 0 radical (unpaired) electrons. The standard InChI is InChI=1S/C24H15Cl3N2O4S/c25-17-5-3-6-18(22(17)27)32-13-20(30)29-28-12-14-8-10-15(11-9-14)33-24(31)23-21(26)16-4-1-2-7-19(16)34-23/h1-12H,13H2,(H,29,30)/b28-12-. The summed E-state index contributed by atoms with van der Waals surface area (Å²) in [5, 5.41) is 5.64. The predicted molar refractivity (Wildman–Crippen MR) is 136 cm³/mol. The van der Waals surface area contributed by atoms with Crippen molar-refractivity contribution in [2.45, 2.75) is 0 Å². The van der Waals surface area contributed by atoms with Gasteiger partial charge in [0.25, 0.3) is 5.91 Å². The van der Waals surface area contributed by atoms with E-state index in [0.29, 0.717) is 32.0 Å². The van der Waals surface area contributed by atoms with E-state index in [1.165, 1.54) is 17.6 Å². The quantitative estimate of drug-likeness (QED) is 0.125. The van der Waals surface area contributed by atoms with Gasteiger partial charge in [0.15, 0.2) is 6.61 Å². The molecule has 1 aromatic heterocycles. The average molecular weight is 534 g/mol. The molecule has 0 unspecified atom stereocenters. The molecule has 0 aliphatic carbocycles. The lowest BCUT2D eigenvalue weighted by Gasteiger charge is -2.07. The van der Waals surface area contributed by atoms with Crippen LogP contribution < -0.4 is 14.9 Å². The van der Waals surface area contributed by atoms with E-state index in [9.17, 15) is 9.59 Å². The number of hydrogen-bond acceptors (Lipinski definition) is 6. The minimum Gasteiger partial charge on any atom is -0.482 e. The fraction of sp³-hybridized carbons (Fsp3) is 0.0417. The number of carbonyl (C=O) groups excluding carboxylic acids is 2. The van der Waals surface area contributed by atoms with Crippen molar-refractivity contribution in [2.75, 3.05) is 6.61 Å². The van der Waals surface area contributed by atoms with Gasteiger partial charge in [-0.1, -0.05) is 59.1 Å². The van der Waals surface area contributed by atoms with Crippen LogP contribution in [0, 0.1) is 0 Å². The predicted octanol–water partition coefficient (Wildman–Crippen LogP) is 6.61. The van der Waals surface area contributed by atoms with Crippen LogP contribution in [0.25, 0.3) is 10.1 Å². The van der Waals surface area contributed by atoms with Gasteiger partial charge in [-0.15, -0.1) is 11.3 Å². The zero-order valence-corrected chi connectivity index (χ0v) is 20.3. The summed E-state index contributed by atoms with van der Waals surface area (Å²) in [5.41, 5.74) is 3.03. The molecule has 4 aromatic rings. The van der Waals surface area contributed by atoms with Crippen LogP contribution in [0.3, 0.4) is 0 Å². The van der Waals surface area contributed by atoms with Crippen molar-refractivity contribution in [1.29, 1.82) is 0 Å². The lowest BCUT2D eigenvalue weighted by atomic mass is 10.2. The molecule has 0 spiro atoms. The first kappa shape index (κ1) is 24.0. The maximum absolute atomic E-state index is 12.5. The monoisotopic (exact) mass is 532 g/mol. The Kier molecular flexibility index (Phi) is 7.70. The third kappa shape index (κ3) is 5.69. The molecule has 1 heterocycles. The summed E-state index contributed by atoms with van der Waals surface area (Å²) in [5.74, 6) is -0.348. The number of thiophene rings is 1. The second-order valence-corrected chi connectivity index (χ2v) is 9.05. The molecular weight excluding hydrogens is 519 g/mol. The number of benzene rings is 3. The summed E-state index contributed by atoms with van der Waals surface area (Å²) >= 11 is 19.5. The van der Waals surface area contributed by atoms with Gasteiger partial charge in [-0.2, -0.15) is 5.10 Å². The number of nitrogens with one attached hydrogen (secondary N) is 1. The van der Waals surface area contributed by atoms with Gasteiger partial charge in [0, 0.05) is 10.1 Å². The third-order valence-corrected chi connectivity index (χ3v) is 6.95. The minimum absolute atomic E-state index is 0.232. The van der Waals surface area contributed by atoms with E-state index in [4.69, 9.17) is 44.3 Å². The molecule has 10 heteroatoms. The Morgan fingerprint density at radius 2 is 1.71 bits per heavy atom. The van der Waals surface area contributed by atoms with Gasteiger partial charge < -0.3 is 9.47 Å². The number of amides is 1. The van der Waals surface area contributed by atoms with Crippen LogP contribution in [-0.2, 0) is 4.79 Å². The topological polar surface area (TPSA) is 77.0 Å². The highest BCUT2D eigenvalue weighted by Crippen LogP contribution is 2.35. The Labute approximate surface area is 213 Å². The second-order valence-electron chi connectivity index (χ2n) is 6.83. The molecule has 4 rings (SSSR count). The molecule has 0 aliphatic heterocycles. The Hall–Kier alpha value is -3.10. The molecule has 0 fully saturated rings. The third-order valence-electron chi connectivity index (χ3n) is 4.49. The highest BCUT2D eigenvalue weighted by atomic mass is 35.5. The van der Waals surface area contributed by atoms with Crippen LogP contribution in [0.4, 0.5) is 0 Å². The van der Waals surface area contributed by atoms with Crippen molar-refractivity contribution in [1.82, 2.24) is 5.43 Å². The summed E-state index contributed by atoms with van der Waals surface area (Å²) < 4.78 is 11.7. The molecule has 1 amide bonds. The molecular formula is C24H15Cl3N2O4S. The number of nitrogens with zero attached hydrogens (tertiary/aromatic N) is 1. The first-order valence-electron chi connectivity index (χ1n) is 9.80. The van der Waals surface area contributed by atoms with Gasteiger partial charge in [0.05, 0.1) is 16.3 Å². The Balaban J connectivity index is 1.30. The average Bonchev–Trinajstić information content (AvgIpc) is 3.18. The van der Waals surface area contributed by atoms with Gasteiger partial charge >= 0.3 is 5.97 Å². The van der Waals surface area contributed by atoms with E-state index in [0.717, 1.165) is 10.1 Å². The molecule has 0 saturated carbocycles. The number of rotatable bonds is 7. The van der Waals surface area contributed by atoms with Crippen molar-refractivity contribution < 1.29 is 19.1 Å². The van der Waals surface area contributed by atoms with Gasteiger partial charge in [-0.05, 0) is 48.0 Å². The van der Waals surface area contributed by atoms with Crippen LogP contribution in [0.5, 0.6) is 11.5 Å². The van der Waals surface area contributed by atoms with Crippen molar-refractivity contribution in [3.8, 4) is 11.5 Å². The summed E-state index contributed by atoms with van der Waals surface area (Å²) in [4.78, 5) is 24.8. The Morgan fingerprint density at radius 3 is 2.47 bits per heavy atom. The van der Waals surface area contributed by atoms with Gasteiger partial charge in [-0.3, -0.25) is 4.79 Å². The number of halogens is 3. The Bertz CT molecular complexity index is 1390. The van der Waals surface area contributed by atoms with E-state index in [-0.39, 0.29) is 11.6 Å². The minimum atomic E-state index is -0.528. The molecule has 3 aromatic carbocycles. The molecule has 34 heavy (non-hydrogen) atoms. The molecule has 0 aliphatic rings. The molecule has 0 atom stereocenters. The number of hydrazone groups is 1. The second kappa shape index (κ2) is 10.9. The first-order valence-corrected chi connectivity index (χ1v) is 11.8. The molecule has 0 saturated heterocycles. The van der Waals surface area contributed by atoms with Gasteiger partial charge in [0.2, 0.25) is 0 Å². The Morgan fingerprint density at radius 1 is 0.941 bits per heavy atom. The van der Waals surface area contributed by atoms with E-state index in [1.54, 1.807) is 42.5 Å². The van der Waals surface area contributed by atoms with E-state index in [1.807, 2.05) is 24.3 Å². The number of fused-ring (bicyclic) bond motifs is 1. The smallest absolute Gasteiger partial charge is 0.355 e. The van der Waals surface area contributed by atoms with Gasteiger partial charge in [0.1, 0.15) is 21.4 Å². The van der Waals surface area contributed by atoms with Crippen LogP contribution >= 0.6 is 46.1 Å². The van der Waals surface area contributed by atoms with Crippen molar-refractivity contribution in [3.05, 3.63) is 92.2 Å².